The van der Waals surface area contributed by atoms with Gasteiger partial charge in [-0.25, -0.2) is 4.98 Å². The Hall–Kier alpha value is -1.86. The van der Waals surface area contributed by atoms with Crippen LogP contribution in [-0.4, -0.2) is 4.98 Å². The van der Waals surface area contributed by atoms with E-state index < -0.39 is 0 Å². The average Bonchev–Trinajstić information content (AvgIpc) is 2.36. The van der Waals surface area contributed by atoms with E-state index in [0.29, 0.717) is 17.2 Å². The van der Waals surface area contributed by atoms with Crippen LogP contribution in [0.5, 0.6) is 11.6 Å². The van der Waals surface area contributed by atoms with Crippen LogP contribution in [0.3, 0.4) is 0 Å². The number of aromatic nitrogens is 1. The number of rotatable bonds is 2. The molecule has 1 heterocycles. The molecule has 2 rings (SSSR count). The molecule has 0 saturated carbocycles. The highest BCUT2D eigenvalue weighted by Gasteiger charge is 2.06. The molecular formula is C13H9BrN2O. The van der Waals surface area contributed by atoms with Gasteiger partial charge in [0.15, 0.2) is 0 Å². The van der Waals surface area contributed by atoms with E-state index in [2.05, 4.69) is 27.0 Å². The number of pyridine rings is 1. The highest BCUT2D eigenvalue weighted by molar-refractivity contribution is 9.10. The molecule has 17 heavy (non-hydrogen) atoms. The van der Waals surface area contributed by atoms with Crippen molar-refractivity contribution in [2.24, 2.45) is 0 Å². The predicted octanol–water partition coefficient (Wildman–Crippen LogP) is 3.82. The summed E-state index contributed by atoms with van der Waals surface area (Å²) in [5, 5.41) is 8.69. The van der Waals surface area contributed by atoms with Crippen molar-refractivity contribution in [3.63, 3.8) is 0 Å². The van der Waals surface area contributed by atoms with Gasteiger partial charge < -0.3 is 4.74 Å². The van der Waals surface area contributed by atoms with Crippen molar-refractivity contribution in [3.05, 3.63) is 52.1 Å². The molecule has 0 bridgehead atoms. The summed E-state index contributed by atoms with van der Waals surface area (Å²) in [6.45, 7) is 1.97. The molecule has 4 heteroatoms. The SMILES string of the molecule is Cc1ccnc(Oc2ccc(C#N)cc2)c1Br. The molecule has 1 aromatic heterocycles. The monoisotopic (exact) mass is 288 g/mol. The maximum Gasteiger partial charge on any atom is 0.233 e. The largest absolute Gasteiger partial charge is 0.438 e. The molecule has 0 aliphatic heterocycles. The summed E-state index contributed by atoms with van der Waals surface area (Å²) >= 11 is 3.43. The third-order valence-electron chi connectivity index (χ3n) is 2.25. The van der Waals surface area contributed by atoms with E-state index in [1.54, 1.807) is 30.5 Å². The minimum atomic E-state index is 0.523. The van der Waals surface area contributed by atoms with Crippen LogP contribution >= 0.6 is 15.9 Å². The summed E-state index contributed by atoms with van der Waals surface area (Å²) in [6, 6.07) is 10.9. The average molecular weight is 289 g/mol. The van der Waals surface area contributed by atoms with E-state index in [0.717, 1.165) is 10.0 Å². The summed E-state index contributed by atoms with van der Waals surface area (Å²) in [4.78, 5) is 4.14. The highest BCUT2D eigenvalue weighted by atomic mass is 79.9. The quantitative estimate of drug-likeness (QED) is 0.844. The zero-order valence-electron chi connectivity index (χ0n) is 9.14. The molecule has 0 aliphatic carbocycles. The molecule has 2 aromatic rings. The number of benzene rings is 1. The third-order valence-corrected chi connectivity index (χ3v) is 3.21. The molecule has 3 nitrogen and oxygen atoms in total. The topological polar surface area (TPSA) is 45.9 Å². The van der Waals surface area contributed by atoms with E-state index in [1.807, 2.05) is 13.0 Å². The second kappa shape index (κ2) is 4.98. The lowest BCUT2D eigenvalue weighted by Gasteiger charge is -2.07. The van der Waals surface area contributed by atoms with Crippen LogP contribution in [0.25, 0.3) is 0 Å². The zero-order chi connectivity index (χ0) is 12.3. The zero-order valence-corrected chi connectivity index (χ0v) is 10.7. The van der Waals surface area contributed by atoms with Crippen LogP contribution < -0.4 is 4.74 Å². The summed E-state index contributed by atoms with van der Waals surface area (Å²) in [5.41, 5.74) is 1.66. The summed E-state index contributed by atoms with van der Waals surface area (Å²) in [5.74, 6) is 1.18. The van der Waals surface area contributed by atoms with E-state index >= 15 is 0 Å². The molecule has 0 amide bonds. The molecule has 0 aliphatic rings. The summed E-state index contributed by atoms with van der Waals surface area (Å²) in [7, 11) is 0. The van der Waals surface area contributed by atoms with Gasteiger partial charge in [0, 0.05) is 6.20 Å². The first-order valence-electron chi connectivity index (χ1n) is 5.00. The van der Waals surface area contributed by atoms with Crippen LogP contribution in [0.15, 0.2) is 41.0 Å². The Morgan fingerprint density at radius 2 is 1.94 bits per heavy atom. The number of halogens is 1. The van der Waals surface area contributed by atoms with Crippen molar-refractivity contribution >= 4 is 15.9 Å². The van der Waals surface area contributed by atoms with Crippen LogP contribution in [0, 0.1) is 18.3 Å². The van der Waals surface area contributed by atoms with Gasteiger partial charge >= 0.3 is 0 Å². The van der Waals surface area contributed by atoms with E-state index in [9.17, 15) is 0 Å². The molecule has 0 N–H and O–H groups in total. The lowest BCUT2D eigenvalue weighted by Crippen LogP contribution is -1.90. The van der Waals surface area contributed by atoms with Gasteiger partial charge in [-0.3, -0.25) is 0 Å². The van der Waals surface area contributed by atoms with Crippen molar-refractivity contribution in [1.29, 1.82) is 5.26 Å². The Labute approximate surface area is 108 Å². The second-order valence-electron chi connectivity index (χ2n) is 3.49. The van der Waals surface area contributed by atoms with Crippen molar-refractivity contribution in [1.82, 2.24) is 4.98 Å². The van der Waals surface area contributed by atoms with Gasteiger partial charge in [0.05, 0.1) is 16.1 Å². The lowest BCUT2D eigenvalue weighted by molar-refractivity contribution is 0.459. The number of nitrogens with zero attached hydrogens (tertiary/aromatic N) is 2. The predicted molar refractivity (Wildman–Crippen MR) is 67.9 cm³/mol. The molecule has 0 radical (unpaired) electrons. The Morgan fingerprint density at radius 3 is 2.59 bits per heavy atom. The van der Waals surface area contributed by atoms with Crippen molar-refractivity contribution < 1.29 is 4.74 Å². The fourth-order valence-electron chi connectivity index (χ4n) is 1.30. The fourth-order valence-corrected chi connectivity index (χ4v) is 1.61. The Morgan fingerprint density at radius 1 is 1.24 bits per heavy atom. The summed E-state index contributed by atoms with van der Waals surface area (Å²) in [6.07, 6.45) is 1.69. The van der Waals surface area contributed by atoms with Crippen molar-refractivity contribution in [2.75, 3.05) is 0 Å². The van der Waals surface area contributed by atoms with Gasteiger partial charge in [-0.15, -0.1) is 0 Å². The molecule has 0 unspecified atom stereocenters. The third kappa shape index (κ3) is 2.63. The van der Waals surface area contributed by atoms with E-state index in [1.165, 1.54) is 0 Å². The molecule has 0 saturated heterocycles. The Balaban J connectivity index is 2.26. The van der Waals surface area contributed by atoms with Gasteiger partial charge in [0.2, 0.25) is 5.88 Å². The molecule has 84 valence electrons. The molecule has 0 atom stereocenters. The normalized spacial score (nSPS) is 9.71. The van der Waals surface area contributed by atoms with Crippen molar-refractivity contribution in [3.8, 4) is 17.7 Å². The first-order valence-corrected chi connectivity index (χ1v) is 5.79. The van der Waals surface area contributed by atoms with Gasteiger partial charge in [-0.2, -0.15) is 5.26 Å². The van der Waals surface area contributed by atoms with E-state index in [4.69, 9.17) is 10.00 Å². The number of hydrogen-bond acceptors (Lipinski definition) is 3. The first-order chi connectivity index (χ1) is 8.20. The van der Waals surface area contributed by atoms with Crippen molar-refractivity contribution in [2.45, 2.75) is 6.92 Å². The fraction of sp³-hybridized carbons (Fsp3) is 0.0769. The van der Waals surface area contributed by atoms with Gasteiger partial charge in [0.1, 0.15) is 5.75 Å². The summed E-state index contributed by atoms with van der Waals surface area (Å²) < 4.78 is 6.46. The standard InChI is InChI=1S/C13H9BrN2O/c1-9-6-7-16-13(12(9)14)17-11-4-2-10(8-15)3-5-11/h2-7H,1H3. The second-order valence-corrected chi connectivity index (χ2v) is 4.28. The Kier molecular flexibility index (Phi) is 3.40. The lowest BCUT2D eigenvalue weighted by atomic mass is 10.2. The van der Waals surface area contributed by atoms with Crippen LogP contribution in [0.1, 0.15) is 11.1 Å². The van der Waals surface area contributed by atoms with Crippen LogP contribution in [0.2, 0.25) is 0 Å². The van der Waals surface area contributed by atoms with Crippen LogP contribution in [0.4, 0.5) is 0 Å². The first kappa shape index (κ1) is 11.6. The number of aryl methyl sites for hydroxylation is 1. The maximum absolute atomic E-state index is 8.69. The molecular weight excluding hydrogens is 280 g/mol. The molecule has 0 spiro atoms. The number of hydrogen-bond donors (Lipinski definition) is 0. The minimum absolute atomic E-state index is 0.523. The maximum atomic E-state index is 8.69. The Bertz CT molecular complexity index is 573. The highest BCUT2D eigenvalue weighted by Crippen LogP contribution is 2.29. The molecule has 0 fully saturated rings. The minimum Gasteiger partial charge on any atom is -0.438 e. The number of ether oxygens (including phenoxy) is 1. The van der Waals surface area contributed by atoms with Gasteiger partial charge in [-0.1, -0.05) is 0 Å². The van der Waals surface area contributed by atoms with Gasteiger partial charge in [-0.05, 0) is 58.7 Å². The smallest absolute Gasteiger partial charge is 0.233 e. The molecule has 1 aromatic carbocycles. The number of nitriles is 1. The van der Waals surface area contributed by atoms with E-state index in [-0.39, 0.29) is 0 Å². The van der Waals surface area contributed by atoms with Crippen LogP contribution in [-0.2, 0) is 0 Å². The van der Waals surface area contributed by atoms with Gasteiger partial charge in [0.25, 0.3) is 0 Å².